The zero-order valence-corrected chi connectivity index (χ0v) is 36.8. The molecule has 6 heteroatoms. The number of rotatable bonds is 41. The summed E-state index contributed by atoms with van der Waals surface area (Å²) in [5.41, 5.74) is 0. The van der Waals surface area contributed by atoms with E-state index < -0.39 is 18.2 Å². The highest BCUT2D eigenvalue weighted by atomic mass is 16.5. The van der Waals surface area contributed by atoms with Gasteiger partial charge in [-0.15, -0.1) is 0 Å². The number of aliphatic hydroxyl groups excluding tert-OH is 2. The van der Waals surface area contributed by atoms with Gasteiger partial charge in [-0.05, 0) is 83.5 Å². The fourth-order valence-corrected chi connectivity index (χ4v) is 6.77. The van der Waals surface area contributed by atoms with Gasteiger partial charge in [0, 0.05) is 6.42 Å². The van der Waals surface area contributed by atoms with Gasteiger partial charge in [0.25, 0.3) is 0 Å². The second-order valence-electron chi connectivity index (χ2n) is 15.8. The van der Waals surface area contributed by atoms with Gasteiger partial charge in [-0.2, -0.15) is 0 Å². The van der Waals surface area contributed by atoms with Gasteiger partial charge in [0.05, 0.1) is 25.2 Å². The van der Waals surface area contributed by atoms with E-state index in [0.29, 0.717) is 19.3 Å². The molecule has 0 saturated carbocycles. The molecule has 0 rings (SSSR count). The fourth-order valence-electron chi connectivity index (χ4n) is 6.77. The second-order valence-corrected chi connectivity index (χ2v) is 15.8. The summed E-state index contributed by atoms with van der Waals surface area (Å²) >= 11 is 0. The van der Waals surface area contributed by atoms with Crippen LogP contribution in [0.15, 0.2) is 60.8 Å². The van der Waals surface area contributed by atoms with Crippen LogP contribution in [0.25, 0.3) is 0 Å². The van der Waals surface area contributed by atoms with Crippen molar-refractivity contribution in [3.05, 3.63) is 60.8 Å². The van der Waals surface area contributed by atoms with Crippen molar-refractivity contribution in [2.24, 2.45) is 0 Å². The second kappa shape index (κ2) is 43.7. The Labute approximate surface area is 346 Å². The van der Waals surface area contributed by atoms with Crippen molar-refractivity contribution in [3.8, 4) is 0 Å². The Balaban J connectivity index is 4.73. The number of unbranched alkanes of at least 4 members (excludes halogenated alkanes) is 19. The van der Waals surface area contributed by atoms with Gasteiger partial charge in [0.1, 0.15) is 6.10 Å². The lowest BCUT2D eigenvalue weighted by molar-refractivity contribution is -0.151. The highest BCUT2D eigenvalue weighted by Crippen LogP contribution is 2.16. The average Bonchev–Trinajstić information content (AvgIpc) is 3.19. The first kappa shape index (κ1) is 53.6. The molecule has 3 N–H and O–H groups in total. The Bertz CT molecular complexity index is 1010. The molecule has 0 aromatic rings. The van der Waals surface area contributed by atoms with E-state index in [1.54, 1.807) is 0 Å². The molecule has 0 aromatic carbocycles. The Morgan fingerprint density at radius 1 is 0.536 bits per heavy atom. The fraction of sp³-hybridized carbons (Fsp3) is 0.760. The van der Waals surface area contributed by atoms with E-state index >= 15 is 0 Å². The molecule has 6 nitrogen and oxygen atoms in total. The molecular weight excluding hydrogens is 695 g/mol. The largest absolute Gasteiger partial charge is 0.462 e. The summed E-state index contributed by atoms with van der Waals surface area (Å²) in [4.78, 5) is 26.0. The van der Waals surface area contributed by atoms with E-state index in [2.05, 4.69) is 86.8 Å². The number of carbonyl (C=O) groups excluding carboxylic acids is 2. The molecule has 0 bridgehead atoms. The van der Waals surface area contributed by atoms with Crippen molar-refractivity contribution in [1.29, 1.82) is 0 Å². The predicted octanol–water partition coefficient (Wildman–Crippen LogP) is 13.7. The third kappa shape index (κ3) is 38.4. The minimum atomic E-state index is -0.803. The number of esters is 1. The first-order valence-corrected chi connectivity index (χ1v) is 23.5. The summed E-state index contributed by atoms with van der Waals surface area (Å²) in [6.07, 6.45) is 52.8. The number of nitrogens with one attached hydrogen (secondary N) is 1. The van der Waals surface area contributed by atoms with E-state index in [0.717, 1.165) is 89.9 Å². The Kier molecular flexibility index (Phi) is 41.8. The van der Waals surface area contributed by atoms with Gasteiger partial charge in [0.15, 0.2) is 0 Å². The Hall–Kier alpha value is -2.44. The summed E-state index contributed by atoms with van der Waals surface area (Å²) in [6, 6.07) is -0.721. The molecule has 0 saturated heterocycles. The van der Waals surface area contributed by atoms with Crippen molar-refractivity contribution in [1.82, 2.24) is 5.32 Å². The maximum absolute atomic E-state index is 13.1. The molecular formula is C50H89NO5. The topological polar surface area (TPSA) is 95.9 Å². The first-order chi connectivity index (χ1) is 27.5. The minimum Gasteiger partial charge on any atom is -0.462 e. The smallest absolute Gasteiger partial charge is 0.306 e. The molecule has 324 valence electrons. The van der Waals surface area contributed by atoms with Crippen LogP contribution in [0, 0.1) is 0 Å². The van der Waals surface area contributed by atoms with E-state index in [4.69, 9.17) is 4.74 Å². The van der Waals surface area contributed by atoms with Crippen LogP contribution in [0.5, 0.6) is 0 Å². The number of ether oxygens (including phenoxy) is 1. The molecule has 0 aromatic heterocycles. The molecule has 1 amide bonds. The summed E-state index contributed by atoms with van der Waals surface area (Å²) in [6.45, 7) is 6.31. The highest BCUT2D eigenvalue weighted by Gasteiger charge is 2.24. The van der Waals surface area contributed by atoms with Gasteiger partial charge >= 0.3 is 5.97 Å². The van der Waals surface area contributed by atoms with E-state index in [1.165, 1.54) is 83.5 Å². The summed E-state index contributed by atoms with van der Waals surface area (Å²) in [5.74, 6) is -0.551. The van der Waals surface area contributed by atoms with E-state index in [9.17, 15) is 19.8 Å². The molecule has 0 heterocycles. The lowest BCUT2D eigenvalue weighted by Gasteiger charge is -2.24. The van der Waals surface area contributed by atoms with Crippen molar-refractivity contribution in [3.63, 3.8) is 0 Å². The average molecular weight is 784 g/mol. The SMILES string of the molecule is CC/C=C/C/C=C/C/C=C/C/C=C/CCCC(CC(=O)NC(CO)C(O)CCCCCCCCCCCC)OC(=O)CCCCC/C=C\CCCCCCCC. The van der Waals surface area contributed by atoms with Crippen molar-refractivity contribution >= 4 is 11.9 Å². The third-order valence-corrected chi connectivity index (χ3v) is 10.3. The summed E-state index contributed by atoms with van der Waals surface area (Å²) in [5, 5.41) is 23.6. The molecule has 0 aliphatic carbocycles. The zero-order chi connectivity index (χ0) is 41.0. The van der Waals surface area contributed by atoms with Crippen LogP contribution in [0.4, 0.5) is 0 Å². The molecule has 0 fully saturated rings. The third-order valence-electron chi connectivity index (χ3n) is 10.3. The van der Waals surface area contributed by atoms with Crippen LogP contribution in [-0.4, -0.2) is 46.9 Å². The van der Waals surface area contributed by atoms with Gasteiger partial charge in [-0.25, -0.2) is 0 Å². The molecule has 0 aliphatic heterocycles. The van der Waals surface area contributed by atoms with Crippen molar-refractivity contribution in [2.45, 2.75) is 238 Å². The van der Waals surface area contributed by atoms with Crippen LogP contribution in [0.1, 0.15) is 220 Å². The Morgan fingerprint density at radius 3 is 1.52 bits per heavy atom. The standard InChI is InChI=1S/C50H89NO5/c1-4-7-10-13-16-19-22-24-26-27-29-32-35-38-41-46(56-50(55)43-40-37-34-31-28-25-23-20-17-14-11-8-5-2)44-49(54)51-47(45-52)48(53)42-39-36-33-30-21-18-15-12-9-6-3/h7,10,16,19,24-26,28-29,32,46-48,52-53H,4-6,8-9,11-15,17-18,20-23,27,30-31,33-45H2,1-3H3,(H,51,54)/b10-7+,19-16+,26-24+,28-25-,32-29+. The summed E-state index contributed by atoms with van der Waals surface area (Å²) in [7, 11) is 0. The maximum Gasteiger partial charge on any atom is 0.306 e. The van der Waals surface area contributed by atoms with Crippen molar-refractivity contribution < 1.29 is 24.5 Å². The molecule has 0 aliphatic rings. The highest BCUT2D eigenvalue weighted by molar-refractivity contribution is 5.77. The number of carbonyl (C=O) groups is 2. The van der Waals surface area contributed by atoms with Gasteiger partial charge in [-0.1, -0.05) is 184 Å². The molecule has 0 radical (unpaired) electrons. The van der Waals surface area contributed by atoms with E-state index in [-0.39, 0.29) is 24.9 Å². The number of hydrogen-bond donors (Lipinski definition) is 3. The number of allylic oxidation sites excluding steroid dienone is 10. The van der Waals surface area contributed by atoms with Crippen LogP contribution in [0.3, 0.4) is 0 Å². The Morgan fingerprint density at radius 2 is 0.982 bits per heavy atom. The quantitative estimate of drug-likeness (QED) is 0.0326. The zero-order valence-electron chi connectivity index (χ0n) is 36.8. The monoisotopic (exact) mass is 784 g/mol. The first-order valence-electron chi connectivity index (χ1n) is 23.5. The van der Waals surface area contributed by atoms with Gasteiger partial charge in [-0.3, -0.25) is 9.59 Å². The van der Waals surface area contributed by atoms with Crippen LogP contribution >= 0.6 is 0 Å². The minimum absolute atomic E-state index is 0.0326. The van der Waals surface area contributed by atoms with Gasteiger partial charge in [0.2, 0.25) is 5.91 Å². The van der Waals surface area contributed by atoms with E-state index in [1.807, 2.05) is 0 Å². The van der Waals surface area contributed by atoms with Crippen LogP contribution in [0.2, 0.25) is 0 Å². The number of amides is 1. The predicted molar refractivity (Wildman–Crippen MR) is 241 cm³/mol. The maximum atomic E-state index is 13.1. The van der Waals surface area contributed by atoms with Crippen LogP contribution < -0.4 is 5.32 Å². The normalized spacial score (nSPS) is 13.9. The lowest BCUT2D eigenvalue weighted by Crippen LogP contribution is -2.46. The molecule has 56 heavy (non-hydrogen) atoms. The number of aliphatic hydroxyl groups is 2. The summed E-state index contributed by atoms with van der Waals surface area (Å²) < 4.78 is 5.87. The van der Waals surface area contributed by atoms with Gasteiger partial charge < -0.3 is 20.3 Å². The lowest BCUT2D eigenvalue weighted by atomic mass is 10.0. The molecule has 3 unspecified atom stereocenters. The van der Waals surface area contributed by atoms with Crippen LogP contribution in [-0.2, 0) is 14.3 Å². The van der Waals surface area contributed by atoms with Crippen molar-refractivity contribution in [2.75, 3.05) is 6.61 Å². The molecule has 0 spiro atoms. The molecule has 3 atom stereocenters. The number of hydrogen-bond acceptors (Lipinski definition) is 5.